The highest BCUT2D eigenvalue weighted by molar-refractivity contribution is 7.80. The zero-order chi connectivity index (χ0) is 18.0. The van der Waals surface area contributed by atoms with E-state index >= 15 is 0 Å². The number of hydrogen-bond acceptors (Lipinski definition) is 5. The first-order chi connectivity index (χ1) is 12.0. The number of likely N-dealkylation sites (N-methyl/N-ethyl adjacent to an activating group) is 1. The Hall–Kier alpha value is -2.00. The smallest absolute Gasteiger partial charge is 0.414 e. The maximum atomic E-state index is 14.6. The van der Waals surface area contributed by atoms with Gasteiger partial charge in [0.1, 0.15) is 11.9 Å². The van der Waals surface area contributed by atoms with E-state index < -0.39 is 6.09 Å². The highest BCUT2D eigenvalue weighted by Crippen LogP contribution is 2.29. The van der Waals surface area contributed by atoms with Gasteiger partial charge in [-0.1, -0.05) is 24.4 Å². The molecule has 0 aromatic heterocycles. The maximum absolute atomic E-state index is 14.6. The number of thiocarbonyl (C=S) groups is 2. The van der Waals surface area contributed by atoms with Crippen LogP contribution in [0.4, 0.5) is 20.6 Å². The average molecular weight is 382 g/mol. The molecule has 0 saturated carbocycles. The molecule has 1 aromatic carbocycles. The molecular formula is C16H19FN4O2S2. The standard InChI is InChI=1S/C16H19FN4O2S2/c1-19-10-20(8-15(19)25)14-3-2-11(6-13(14)17)21-7-12(23-16(21)22)4-5-18-9-24/h2-3,6,9,12H,4-5,7-8,10H2,1H3,(H,18,24). The molecule has 3 rings (SSSR count). The van der Waals surface area contributed by atoms with E-state index in [2.05, 4.69) is 5.32 Å². The van der Waals surface area contributed by atoms with E-state index in [4.69, 9.17) is 29.2 Å². The van der Waals surface area contributed by atoms with Gasteiger partial charge in [-0.2, -0.15) is 0 Å². The van der Waals surface area contributed by atoms with E-state index in [1.807, 2.05) is 16.8 Å². The summed E-state index contributed by atoms with van der Waals surface area (Å²) in [5.41, 5.74) is 2.40. The Morgan fingerprint density at radius 1 is 1.48 bits per heavy atom. The summed E-state index contributed by atoms with van der Waals surface area (Å²) in [4.78, 5) is 18.1. The van der Waals surface area contributed by atoms with Crippen molar-refractivity contribution in [1.82, 2.24) is 10.2 Å². The zero-order valence-electron chi connectivity index (χ0n) is 13.8. The lowest BCUT2D eigenvalue weighted by Crippen LogP contribution is -2.26. The number of benzene rings is 1. The van der Waals surface area contributed by atoms with Crippen molar-refractivity contribution in [3.05, 3.63) is 24.0 Å². The van der Waals surface area contributed by atoms with Crippen LogP contribution in [0.3, 0.4) is 0 Å². The number of anilines is 2. The van der Waals surface area contributed by atoms with Crippen LogP contribution in [0.2, 0.25) is 0 Å². The van der Waals surface area contributed by atoms with Gasteiger partial charge in [-0.25, -0.2) is 9.18 Å². The third-order valence-corrected chi connectivity index (χ3v) is 4.89. The molecule has 0 bridgehead atoms. The molecule has 1 atom stereocenters. The number of hydrogen-bond donors (Lipinski definition) is 1. The Morgan fingerprint density at radius 2 is 2.28 bits per heavy atom. The molecule has 2 saturated heterocycles. The lowest BCUT2D eigenvalue weighted by Gasteiger charge is -2.20. The summed E-state index contributed by atoms with van der Waals surface area (Å²) in [6.45, 7) is 2.09. The first kappa shape index (κ1) is 17.8. The normalized spacial score (nSPS) is 20.2. The fourth-order valence-corrected chi connectivity index (χ4v) is 3.27. The highest BCUT2D eigenvalue weighted by Gasteiger charge is 2.32. The predicted octanol–water partition coefficient (Wildman–Crippen LogP) is 2.12. The third-order valence-electron chi connectivity index (χ3n) is 4.29. The summed E-state index contributed by atoms with van der Waals surface area (Å²) < 4.78 is 19.9. The van der Waals surface area contributed by atoms with Crippen molar-refractivity contribution >= 4 is 52.4 Å². The predicted molar refractivity (Wildman–Crippen MR) is 103 cm³/mol. The van der Waals surface area contributed by atoms with Gasteiger partial charge < -0.3 is 19.9 Å². The number of nitrogens with zero attached hydrogens (tertiary/aromatic N) is 3. The van der Waals surface area contributed by atoms with Crippen molar-refractivity contribution in [3.63, 3.8) is 0 Å². The van der Waals surface area contributed by atoms with E-state index in [-0.39, 0.29) is 11.9 Å². The van der Waals surface area contributed by atoms with E-state index in [9.17, 15) is 9.18 Å². The minimum atomic E-state index is -0.457. The van der Waals surface area contributed by atoms with Crippen LogP contribution < -0.4 is 15.1 Å². The van der Waals surface area contributed by atoms with Crippen molar-refractivity contribution in [2.45, 2.75) is 12.5 Å². The van der Waals surface area contributed by atoms with E-state index in [1.165, 1.54) is 16.5 Å². The summed E-state index contributed by atoms with van der Waals surface area (Å²) >= 11 is 9.92. The molecule has 2 heterocycles. The van der Waals surface area contributed by atoms with Crippen LogP contribution in [0.5, 0.6) is 0 Å². The van der Waals surface area contributed by atoms with Gasteiger partial charge in [0.25, 0.3) is 0 Å². The SMILES string of the molecule is CN1CN(c2ccc(N3CC(CCNC=S)OC3=O)cc2F)CC1=S. The summed E-state index contributed by atoms with van der Waals surface area (Å²) in [5, 5.41) is 2.90. The summed E-state index contributed by atoms with van der Waals surface area (Å²) in [6, 6.07) is 4.79. The van der Waals surface area contributed by atoms with Gasteiger partial charge in [0.05, 0.1) is 41.6 Å². The molecule has 25 heavy (non-hydrogen) atoms. The van der Waals surface area contributed by atoms with Crippen molar-refractivity contribution < 1.29 is 13.9 Å². The number of nitrogens with one attached hydrogen (secondary N) is 1. The molecule has 2 aliphatic rings. The van der Waals surface area contributed by atoms with E-state index in [0.717, 1.165) is 4.99 Å². The Bertz CT molecular complexity index is 703. The average Bonchev–Trinajstić information content (AvgIpc) is 3.10. The Kier molecular flexibility index (Phi) is 5.33. The molecule has 134 valence electrons. The fourth-order valence-electron chi connectivity index (χ4n) is 2.94. The van der Waals surface area contributed by atoms with Crippen molar-refractivity contribution in [1.29, 1.82) is 0 Å². The lowest BCUT2D eigenvalue weighted by atomic mass is 10.2. The molecule has 0 radical (unpaired) electrons. The van der Waals surface area contributed by atoms with Crippen LogP contribution in [-0.2, 0) is 4.74 Å². The van der Waals surface area contributed by atoms with Crippen LogP contribution in [0.1, 0.15) is 6.42 Å². The molecule has 9 heteroatoms. The highest BCUT2D eigenvalue weighted by atomic mass is 32.1. The second kappa shape index (κ2) is 7.49. The van der Waals surface area contributed by atoms with Gasteiger partial charge in [0.15, 0.2) is 0 Å². The summed E-state index contributed by atoms with van der Waals surface area (Å²) in [5.74, 6) is -0.380. The van der Waals surface area contributed by atoms with E-state index in [1.54, 1.807) is 12.1 Å². The molecule has 2 aliphatic heterocycles. The first-order valence-corrected chi connectivity index (χ1v) is 8.81. The molecule has 1 unspecified atom stereocenters. The van der Waals surface area contributed by atoms with Gasteiger partial charge in [0, 0.05) is 20.0 Å². The number of cyclic esters (lactones) is 1. The summed E-state index contributed by atoms with van der Waals surface area (Å²) in [7, 11) is 1.88. The van der Waals surface area contributed by atoms with Gasteiger partial charge in [0.2, 0.25) is 0 Å². The number of carbonyl (C=O) groups is 1. The fraction of sp³-hybridized carbons (Fsp3) is 0.438. The van der Waals surface area contributed by atoms with Crippen molar-refractivity contribution in [2.75, 3.05) is 43.2 Å². The van der Waals surface area contributed by atoms with Crippen LogP contribution in [0.25, 0.3) is 0 Å². The van der Waals surface area contributed by atoms with Crippen molar-refractivity contribution in [2.24, 2.45) is 0 Å². The number of ether oxygens (including phenoxy) is 1. The van der Waals surface area contributed by atoms with Crippen molar-refractivity contribution in [3.8, 4) is 0 Å². The monoisotopic (exact) mass is 382 g/mol. The van der Waals surface area contributed by atoms with Gasteiger partial charge in [-0.15, -0.1) is 0 Å². The minimum Gasteiger partial charge on any atom is -0.444 e. The molecule has 6 nitrogen and oxygen atoms in total. The zero-order valence-corrected chi connectivity index (χ0v) is 15.4. The molecule has 1 amide bonds. The molecule has 0 aliphatic carbocycles. The van der Waals surface area contributed by atoms with Crippen LogP contribution in [0.15, 0.2) is 18.2 Å². The molecular weight excluding hydrogens is 363 g/mol. The Morgan fingerprint density at radius 3 is 2.92 bits per heavy atom. The van der Waals surface area contributed by atoms with Gasteiger partial charge in [-0.05, 0) is 18.2 Å². The Balaban J connectivity index is 1.69. The second-order valence-electron chi connectivity index (χ2n) is 6.04. The number of halogens is 1. The maximum Gasteiger partial charge on any atom is 0.414 e. The van der Waals surface area contributed by atoms with Gasteiger partial charge in [-0.3, -0.25) is 4.90 Å². The van der Waals surface area contributed by atoms with Crippen LogP contribution >= 0.6 is 24.4 Å². The van der Waals surface area contributed by atoms with E-state index in [0.29, 0.717) is 44.1 Å². The first-order valence-electron chi connectivity index (χ1n) is 7.93. The Labute approximate surface area is 156 Å². The third kappa shape index (κ3) is 3.82. The van der Waals surface area contributed by atoms with Crippen LogP contribution in [-0.4, -0.2) is 60.9 Å². The molecule has 0 spiro atoms. The quantitative estimate of drug-likeness (QED) is 0.597. The lowest BCUT2D eigenvalue weighted by molar-refractivity contribution is 0.137. The molecule has 1 aromatic rings. The number of amides is 1. The molecule has 2 fully saturated rings. The topological polar surface area (TPSA) is 48.0 Å². The second-order valence-corrected chi connectivity index (χ2v) is 6.75. The molecule has 1 N–H and O–H groups in total. The largest absolute Gasteiger partial charge is 0.444 e. The van der Waals surface area contributed by atoms with Gasteiger partial charge >= 0.3 is 6.09 Å². The number of carbonyl (C=O) groups excluding carboxylic acids is 1. The number of rotatable bonds is 6. The minimum absolute atomic E-state index is 0.234. The summed E-state index contributed by atoms with van der Waals surface area (Å²) in [6.07, 6.45) is -0.0445. The van der Waals surface area contributed by atoms with Crippen LogP contribution in [0, 0.1) is 5.82 Å².